The van der Waals surface area contributed by atoms with E-state index in [2.05, 4.69) is 194 Å². The zero-order valence-corrected chi connectivity index (χ0v) is 60.0. The number of ether oxygens (including phenoxy) is 4. The molecule has 8 nitrogen and oxygen atoms in total. The quantitative estimate of drug-likeness (QED) is 0.0380. The monoisotopic (exact) mass is 1380 g/mol. The molecule has 0 saturated carbocycles. The SMILES string of the molecule is CCC.CC[N+](CC)(CC)CCCCOc1ccc(C(=C(c2ccc(OCCCC[N+](CC)(CC)CC)cc2)c2ccc(OCCCC[N+](CC)(CC)CC)cc2)c2ccc(OCCCC[N+](CC)(CC)CC)cc2)cc1.[Br-].[Br-].[Br-].[Br-]. The third-order valence-electron chi connectivity index (χ3n) is 18.1. The van der Waals surface area contributed by atoms with Gasteiger partial charge in [0, 0.05) is 0 Å². The summed E-state index contributed by atoms with van der Waals surface area (Å²) in [6.07, 6.45) is 10.1. The van der Waals surface area contributed by atoms with E-state index in [0.29, 0.717) is 0 Å². The van der Waals surface area contributed by atoms with Gasteiger partial charge in [-0.2, -0.15) is 0 Å². The predicted molar refractivity (Wildman–Crippen MR) is 333 cm³/mol. The van der Waals surface area contributed by atoms with E-state index in [1.54, 1.807) is 0 Å². The van der Waals surface area contributed by atoms with Crippen molar-refractivity contribution in [2.24, 2.45) is 0 Å². The van der Waals surface area contributed by atoms with Crippen molar-refractivity contribution in [3.05, 3.63) is 119 Å². The van der Waals surface area contributed by atoms with Crippen molar-refractivity contribution in [2.75, 3.05) is 131 Å². The Balaban J connectivity index is 0. The van der Waals surface area contributed by atoms with Gasteiger partial charge < -0.3 is 105 Å². The zero-order valence-electron chi connectivity index (χ0n) is 53.7. The first kappa shape index (κ1) is 80.6. The minimum absolute atomic E-state index is 0. The van der Waals surface area contributed by atoms with E-state index < -0.39 is 0 Å². The van der Waals surface area contributed by atoms with E-state index in [9.17, 15) is 0 Å². The molecule has 0 amide bonds. The molecule has 0 aliphatic heterocycles. The van der Waals surface area contributed by atoms with Crippen molar-refractivity contribution in [1.82, 2.24) is 0 Å². The van der Waals surface area contributed by atoms with Crippen LogP contribution >= 0.6 is 0 Å². The lowest BCUT2D eigenvalue weighted by atomic mass is 9.85. The average molecular weight is 1390 g/mol. The summed E-state index contributed by atoms with van der Waals surface area (Å²) >= 11 is 0. The normalized spacial score (nSPS) is 11.4. The molecule has 0 aliphatic rings. The molecule has 12 heteroatoms. The highest BCUT2D eigenvalue weighted by atomic mass is 79.9. The first-order valence-electron chi connectivity index (χ1n) is 31.5. The van der Waals surface area contributed by atoms with Crippen LogP contribution in [0.3, 0.4) is 0 Å². The molecule has 0 aromatic heterocycles. The summed E-state index contributed by atoms with van der Waals surface area (Å²) < 4.78 is 30.4. The summed E-state index contributed by atoms with van der Waals surface area (Å²) in [5.74, 6) is 3.63. The average Bonchev–Trinajstić information content (AvgIpc) is 3.48. The number of quaternary nitrogens is 4. The number of halogens is 4. The van der Waals surface area contributed by atoms with Gasteiger partial charge >= 0.3 is 0 Å². The second-order valence-corrected chi connectivity index (χ2v) is 21.8. The number of rotatable bonds is 40. The van der Waals surface area contributed by atoms with E-state index in [-0.39, 0.29) is 67.9 Å². The fourth-order valence-electron chi connectivity index (χ4n) is 11.3. The maximum absolute atomic E-state index is 6.42. The van der Waals surface area contributed by atoms with Crippen molar-refractivity contribution in [3.63, 3.8) is 0 Å². The summed E-state index contributed by atoms with van der Waals surface area (Å²) in [7, 11) is 0. The minimum Gasteiger partial charge on any atom is -1.00 e. The topological polar surface area (TPSA) is 36.9 Å². The molecule has 0 saturated heterocycles. The van der Waals surface area contributed by atoms with Crippen LogP contribution in [0.4, 0.5) is 0 Å². The minimum atomic E-state index is 0. The van der Waals surface area contributed by atoms with Crippen LogP contribution in [0.2, 0.25) is 0 Å². The Labute approximate surface area is 540 Å². The molecule has 0 fully saturated rings. The molecule has 0 aliphatic carbocycles. The summed E-state index contributed by atoms with van der Waals surface area (Å²) in [5.41, 5.74) is 6.82. The highest BCUT2D eigenvalue weighted by molar-refractivity contribution is 6.04. The van der Waals surface area contributed by atoms with E-state index >= 15 is 0 Å². The van der Waals surface area contributed by atoms with Crippen LogP contribution < -0.4 is 86.9 Å². The van der Waals surface area contributed by atoms with Crippen molar-refractivity contribution >= 4 is 11.1 Å². The van der Waals surface area contributed by atoms with Crippen molar-refractivity contribution in [3.8, 4) is 23.0 Å². The van der Waals surface area contributed by atoms with Gasteiger partial charge in [0.05, 0.1) is 131 Å². The maximum atomic E-state index is 6.42. The van der Waals surface area contributed by atoms with E-state index in [1.807, 2.05) is 0 Å². The smallest absolute Gasteiger partial charge is 0.119 e. The lowest BCUT2D eigenvalue weighted by Crippen LogP contribution is -3.00. The lowest BCUT2D eigenvalue weighted by molar-refractivity contribution is -0.923. The maximum Gasteiger partial charge on any atom is 0.119 e. The number of nitrogens with zero attached hydrogens (tertiary/aromatic N) is 4. The molecule has 0 N–H and O–H groups in total. The third kappa shape index (κ3) is 26.4. The van der Waals surface area contributed by atoms with Crippen LogP contribution in [0, 0.1) is 0 Å². The summed E-state index contributed by atoms with van der Waals surface area (Å²) in [6.45, 7) is 54.1. The van der Waals surface area contributed by atoms with Crippen LogP contribution in [0.25, 0.3) is 11.1 Å². The Morgan fingerprint density at radius 3 is 0.531 bits per heavy atom. The molecule has 0 atom stereocenters. The number of hydrogen-bond donors (Lipinski definition) is 0. The number of benzene rings is 4. The molecule has 4 aromatic carbocycles. The Kier molecular flexibility index (Phi) is 44.8. The molecule has 0 radical (unpaired) electrons. The van der Waals surface area contributed by atoms with Gasteiger partial charge in [-0.1, -0.05) is 68.8 Å². The van der Waals surface area contributed by atoms with Crippen LogP contribution in [-0.2, 0) is 0 Å². The van der Waals surface area contributed by atoms with Crippen LogP contribution in [-0.4, -0.2) is 149 Å². The number of hydrogen-bond acceptors (Lipinski definition) is 4. The standard InChI is InChI=1S/C66H108N4O4.C3H8.4BrH/c1-13-67(14-2,15-3)49-25-29-53-71-61-41-33-57(34-42-61)65(58-35-43-62(44-36-58)72-54-30-26-50-68(16-4,17-5)18-6)66(59-37-45-63(46-38-59)73-55-31-27-51-69(19-7,20-8)21-9)60-39-47-64(48-40-60)74-56-32-28-52-70(22-10,23-11)24-12;1-3-2;;;;/h33-48H,13-32,49-56H2,1-12H3;3H2,1-2H3;4*1H/q+4;;;;;/p-4. The molecular formula is C69H116Br4N4O4. The van der Waals surface area contributed by atoms with E-state index in [4.69, 9.17) is 18.9 Å². The molecular weight excluding hydrogens is 1270 g/mol. The Morgan fingerprint density at radius 2 is 0.395 bits per heavy atom. The molecule has 0 heterocycles. The molecule has 81 heavy (non-hydrogen) atoms. The van der Waals surface area contributed by atoms with Gasteiger partial charge in [-0.15, -0.1) is 0 Å². The van der Waals surface area contributed by atoms with Crippen LogP contribution in [0.5, 0.6) is 23.0 Å². The van der Waals surface area contributed by atoms with E-state index in [0.717, 1.165) is 109 Å². The highest BCUT2D eigenvalue weighted by Crippen LogP contribution is 2.39. The summed E-state index contributed by atoms with van der Waals surface area (Å²) in [4.78, 5) is 0. The third-order valence-corrected chi connectivity index (χ3v) is 18.1. The fraction of sp³-hybridized carbons (Fsp3) is 0.623. The van der Waals surface area contributed by atoms with Crippen molar-refractivity contribution in [2.45, 2.75) is 155 Å². The van der Waals surface area contributed by atoms with Gasteiger partial charge in [-0.3, -0.25) is 0 Å². The Morgan fingerprint density at radius 1 is 0.247 bits per heavy atom. The van der Waals surface area contributed by atoms with Gasteiger partial charge in [0.2, 0.25) is 0 Å². The Hall–Kier alpha value is -2.42. The molecule has 0 bridgehead atoms. The van der Waals surface area contributed by atoms with Gasteiger partial charge in [-0.25, -0.2) is 0 Å². The fourth-order valence-corrected chi connectivity index (χ4v) is 11.3. The van der Waals surface area contributed by atoms with Gasteiger partial charge in [0.15, 0.2) is 0 Å². The first-order chi connectivity index (χ1) is 37.4. The Bertz CT molecular complexity index is 1820. The summed E-state index contributed by atoms with van der Waals surface area (Å²) in [6, 6.07) is 35.2. The molecule has 4 aromatic rings. The van der Waals surface area contributed by atoms with E-state index in [1.165, 1.54) is 155 Å². The zero-order chi connectivity index (χ0) is 56.4. The van der Waals surface area contributed by atoms with Crippen LogP contribution in [0.15, 0.2) is 97.1 Å². The molecule has 0 spiro atoms. The second-order valence-electron chi connectivity index (χ2n) is 21.8. The van der Waals surface area contributed by atoms with Crippen molar-refractivity contribution in [1.29, 1.82) is 0 Å². The first-order valence-corrected chi connectivity index (χ1v) is 31.5. The summed E-state index contributed by atoms with van der Waals surface area (Å²) in [5, 5.41) is 0. The van der Waals surface area contributed by atoms with Gasteiger partial charge in [-0.05, 0) is 216 Å². The number of unbranched alkanes of at least 4 members (excludes halogenated alkanes) is 4. The van der Waals surface area contributed by atoms with Crippen molar-refractivity contribution < 1.29 is 105 Å². The van der Waals surface area contributed by atoms with Gasteiger partial charge in [0.25, 0.3) is 0 Å². The molecule has 0 unspecified atom stereocenters. The molecule has 464 valence electrons. The molecule has 4 rings (SSSR count). The lowest BCUT2D eigenvalue weighted by Gasteiger charge is -2.35. The highest BCUT2D eigenvalue weighted by Gasteiger charge is 2.24. The second kappa shape index (κ2) is 45.0. The largest absolute Gasteiger partial charge is 1.00 e. The van der Waals surface area contributed by atoms with Crippen LogP contribution in [0.1, 0.15) is 177 Å². The predicted octanol–water partition coefficient (Wildman–Crippen LogP) is 4.27. The van der Waals surface area contributed by atoms with Gasteiger partial charge in [0.1, 0.15) is 23.0 Å².